The maximum absolute atomic E-state index is 13.5. The lowest BCUT2D eigenvalue weighted by Gasteiger charge is -2.32. The summed E-state index contributed by atoms with van der Waals surface area (Å²) in [5, 5.41) is 1.33. The Morgan fingerprint density at radius 2 is 1.83 bits per heavy atom. The molecule has 7 heteroatoms. The van der Waals surface area contributed by atoms with Gasteiger partial charge >= 0.3 is 0 Å². The molecule has 0 spiro atoms. The molecule has 0 saturated carbocycles. The summed E-state index contributed by atoms with van der Waals surface area (Å²) in [7, 11) is 0. The predicted molar refractivity (Wildman–Crippen MR) is 122 cm³/mol. The molecule has 0 radical (unpaired) electrons. The quantitative estimate of drug-likeness (QED) is 0.497. The molecular weight excluding hydrogens is 421 g/mol. The molecular formula is C23H25Cl2N3O2. The molecule has 1 amide bonds. The third-order valence-electron chi connectivity index (χ3n) is 5.03. The number of rotatable bonds is 6. The second kappa shape index (κ2) is 9.19. The van der Waals surface area contributed by atoms with Crippen molar-refractivity contribution in [3.63, 3.8) is 0 Å². The van der Waals surface area contributed by atoms with Crippen LogP contribution in [0.5, 0.6) is 0 Å². The van der Waals surface area contributed by atoms with E-state index in [-0.39, 0.29) is 17.4 Å². The summed E-state index contributed by atoms with van der Waals surface area (Å²) < 4.78 is 1.64. The molecule has 3 rings (SSSR count). The second-order valence-corrected chi connectivity index (χ2v) is 8.53. The van der Waals surface area contributed by atoms with Gasteiger partial charge in [-0.3, -0.25) is 14.2 Å². The van der Waals surface area contributed by atoms with Crippen LogP contribution in [0.25, 0.3) is 10.9 Å². The minimum atomic E-state index is -0.427. The molecule has 0 aliphatic rings. The third-order valence-corrected chi connectivity index (χ3v) is 5.58. The standard InChI is InChI=1S/C23H25Cl2N3O2/c1-5-27-21(26-20-9-7-6-8-18(20)23(27)30)15(4)28(13-14(2)3)22(29)17-11-10-16(24)12-19(17)25/h6-12,14-15H,5,13H2,1-4H3. The number of para-hydroxylation sites is 1. The van der Waals surface area contributed by atoms with Crippen molar-refractivity contribution in [2.24, 2.45) is 5.92 Å². The lowest BCUT2D eigenvalue weighted by atomic mass is 10.1. The van der Waals surface area contributed by atoms with Gasteiger partial charge in [0.25, 0.3) is 11.5 Å². The first-order valence-electron chi connectivity index (χ1n) is 10.00. The van der Waals surface area contributed by atoms with E-state index in [4.69, 9.17) is 28.2 Å². The smallest absolute Gasteiger partial charge is 0.261 e. The van der Waals surface area contributed by atoms with E-state index in [2.05, 4.69) is 0 Å². The summed E-state index contributed by atoms with van der Waals surface area (Å²) in [5.41, 5.74) is 0.890. The van der Waals surface area contributed by atoms with Crippen molar-refractivity contribution in [3.8, 4) is 0 Å². The van der Waals surface area contributed by atoms with Crippen LogP contribution in [-0.2, 0) is 6.54 Å². The Labute approximate surface area is 186 Å². The lowest BCUT2D eigenvalue weighted by molar-refractivity contribution is 0.0653. The van der Waals surface area contributed by atoms with Crippen LogP contribution in [-0.4, -0.2) is 26.9 Å². The van der Waals surface area contributed by atoms with E-state index in [1.807, 2.05) is 45.9 Å². The first kappa shape index (κ1) is 22.3. The number of halogens is 2. The SMILES string of the molecule is CCn1c(C(C)N(CC(C)C)C(=O)c2ccc(Cl)cc2Cl)nc2ccccc2c1=O. The van der Waals surface area contributed by atoms with Crippen LogP contribution in [0.4, 0.5) is 0 Å². The molecule has 158 valence electrons. The second-order valence-electron chi connectivity index (χ2n) is 7.69. The molecule has 2 aromatic carbocycles. The van der Waals surface area contributed by atoms with Crippen molar-refractivity contribution in [1.29, 1.82) is 0 Å². The Morgan fingerprint density at radius 3 is 2.47 bits per heavy atom. The summed E-state index contributed by atoms with van der Waals surface area (Å²) in [6.07, 6.45) is 0. The highest BCUT2D eigenvalue weighted by Gasteiger charge is 2.28. The van der Waals surface area contributed by atoms with Gasteiger partial charge in [0.05, 0.1) is 27.5 Å². The highest BCUT2D eigenvalue weighted by Crippen LogP contribution is 2.27. The van der Waals surface area contributed by atoms with Gasteiger partial charge in [-0.05, 0) is 50.1 Å². The summed E-state index contributed by atoms with van der Waals surface area (Å²) in [5.74, 6) is 0.549. The largest absolute Gasteiger partial charge is 0.328 e. The number of benzene rings is 2. The molecule has 1 atom stereocenters. The number of aromatic nitrogens is 2. The molecule has 1 unspecified atom stereocenters. The van der Waals surface area contributed by atoms with Gasteiger partial charge in [0.15, 0.2) is 0 Å². The average molecular weight is 446 g/mol. The van der Waals surface area contributed by atoms with Gasteiger partial charge in [-0.15, -0.1) is 0 Å². The normalized spacial score (nSPS) is 12.4. The van der Waals surface area contributed by atoms with Crippen LogP contribution >= 0.6 is 23.2 Å². The van der Waals surface area contributed by atoms with Gasteiger partial charge in [-0.25, -0.2) is 4.98 Å². The molecule has 0 N–H and O–H groups in total. The summed E-state index contributed by atoms with van der Waals surface area (Å²) >= 11 is 12.3. The number of carbonyl (C=O) groups is 1. The Balaban J connectivity index is 2.13. The first-order valence-corrected chi connectivity index (χ1v) is 10.8. The molecule has 1 heterocycles. The molecule has 0 fully saturated rings. The fourth-order valence-electron chi connectivity index (χ4n) is 3.58. The Bertz CT molecular complexity index is 1140. The maximum Gasteiger partial charge on any atom is 0.261 e. The van der Waals surface area contributed by atoms with Gasteiger partial charge in [-0.2, -0.15) is 0 Å². The predicted octanol–water partition coefficient (Wildman–Crippen LogP) is 5.58. The number of nitrogens with zero attached hydrogens (tertiary/aromatic N) is 3. The van der Waals surface area contributed by atoms with Gasteiger partial charge in [0, 0.05) is 18.1 Å². The van der Waals surface area contributed by atoms with Crippen LogP contribution in [0, 0.1) is 5.92 Å². The highest BCUT2D eigenvalue weighted by atomic mass is 35.5. The molecule has 1 aromatic heterocycles. The third kappa shape index (κ3) is 4.37. The fraction of sp³-hybridized carbons (Fsp3) is 0.348. The van der Waals surface area contributed by atoms with Crippen molar-refractivity contribution >= 4 is 40.0 Å². The minimum absolute atomic E-state index is 0.105. The van der Waals surface area contributed by atoms with Gasteiger partial charge in [0.2, 0.25) is 0 Å². The number of fused-ring (bicyclic) bond motifs is 1. The van der Waals surface area contributed by atoms with Crippen LogP contribution < -0.4 is 5.56 Å². The summed E-state index contributed by atoms with van der Waals surface area (Å²) in [4.78, 5) is 33.0. The fourth-order valence-corrected chi connectivity index (χ4v) is 4.07. The van der Waals surface area contributed by atoms with Crippen molar-refractivity contribution < 1.29 is 4.79 Å². The topological polar surface area (TPSA) is 55.2 Å². The zero-order chi connectivity index (χ0) is 22.0. The molecule has 5 nitrogen and oxygen atoms in total. The zero-order valence-corrected chi connectivity index (χ0v) is 19.0. The number of hydrogen-bond donors (Lipinski definition) is 0. The molecule has 0 bridgehead atoms. The van der Waals surface area contributed by atoms with Crippen LogP contribution in [0.1, 0.15) is 49.9 Å². The highest BCUT2D eigenvalue weighted by molar-refractivity contribution is 6.36. The molecule has 0 aliphatic carbocycles. The number of hydrogen-bond acceptors (Lipinski definition) is 3. The molecule has 30 heavy (non-hydrogen) atoms. The number of amides is 1. The van der Waals surface area contributed by atoms with Crippen molar-refractivity contribution in [2.75, 3.05) is 6.54 Å². The minimum Gasteiger partial charge on any atom is -0.328 e. The Hall–Kier alpha value is -2.37. The zero-order valence-electron chi connectivity index (χ0n) is 17.5. The Morgan fingerprint density at radius 1 is 1.13 bits per heavy atom. The van der Waals surface area contributed by atoms with Gasteiger partial charge < -0.3 is 4.90 Å². The summed E-state index contributed by atoms with van der Waals surface area (Å²) in [6.45, 7) is 8.83. The van der Waals surface area contributed by atoms with E-state index in [1.54, 1.807) is 33.7 Å². The van der Waals surface area contributed by atoms with E-state index in [0.29, 0.717) is 45.4 Å². The van der Waals surface area contributed by atoms with Crippen LogP contribution in [0.15, 0.2) is 47.3 Å². The molecule has 0 saturated heterocycles. The first-order chi connectivity index (χ1) is 14.2. The van der Waals surface area contributed by atoms with Crippen molar-refractivity contribution in [3.05, 3.63) is 74.3 Å². The van der Waals surface area contributed by atoms with Crippen molar-refractivity contribution in [2.45, 2.75) is 40.3 Å². The van der Waals surface area contributed by atoms with E-state index < -0.39 is 6.04 Å². The lowest BCUT2D eigenvalue weighted by Crippen LogP contribution is -2.39. The monoisotopic (exact) mass is 445 g/mol. The molecule has 3 aromatic rings. The maximum atomic E-state index is 13.5. The van der Waals surface area contributed by atoms with Gasteiger partial charge in [-0.1, -0.05) is 49.2 Å². The van der Waals surface area contributed by atoms with E-state index in [0.717, 1.165) is 0 Å². The van der Waals surface area contributed by atoms with Crippen LogP contribution in [0.2, 0.25) is 10.0 Å². The van der Waals surface area contributed by atoms with E-state index in [9.17, 15) is 9.59 Å². The van der Waals surface area contributed by atoms with E-state index >= 15 is 0 Å². The Kier molecular flexibility index (Phi) is 6.84. The average Bonchev–Trinajstić information content (AvgIpc) is 2.71. The van der Waals surface area contributed by atoms with Gasteiger partial charge in [0.1, 0.15) is 5.82 Å². The van der Waals surface area contributed by atoms with Crippen LogP contribution in [0.3, 0.4) is 0 Å². The number of carbonyl (C=O) groups excluding carboxylic acids is 1. The molecule has 0 aliphatic heterocycles. The van der Waals surface area contributed by atoms with Crippen molar-refractivity contribution in [1.82, 2.24) is 14.5 Å². The summed E-state index contributed by atoms with van der Waals surface area (Å²) in [6, 6.07) is 11.7. The van der Waals surface area contributed by atoms with E-state index in [1.165, 1.54) is 0 Å².